The number of rotatable bonds is 2. The average Bonchev–Trinajstić information content (AvgIpc) is 2.97. The van der Waals surface area contributed by atoms with E-state index in [1.165, 1.54) is 16.5 Å². The van der Waals surface area contributed by atoms with E-state index in [9.17, 15) is 14.7 Å². The lowest BCUT2D eigenvalue weighted by Crippen LogP contribution is -2.59. The van der Waals surface area contributed by atoms with Gasteiger partial charge < -0.3 is 10.0 Å². The maximum absolute atomic E-state index is 13.6. The molecule has 0 radical (unpaired) electrons. The number of benzene rings is 2. The Kier molecular flexibility index (Phi) is 5.47. The second kappa shape index (κ2) is 8.24. The summed E-state index contributed by atoms with van der Waals surface area (Å²) in [5.41, 5.74) is 2.79. The molecule has 1 aromatic heterocycles. The number of thioether (sulfide) groups is 1. The maximum Gasteiger partial charge on any atom is 0.278 e. The minimum Gasteiger partial charge on any atom is -0.502 e. The van der Waals surface area contributed by atoms with Gasteiger partial charge in [0, 0.05) is 29.0 Å². The second-order valence-electron chi connectivity index (χ2n) is 10.0. The van der Waals surface area contributed by atoms with Gasteiger partial charge in [0.15, 0.2) is 11.4 Å². The van der Waals surface area contributed by atoms with Gasteiger partial charge in [0.05, 0.1) is 6.04 Å². The first-order chi connectivity index (χ1) is 16.2. The lowest BCUT2D eigenvalue weighted by atomic mass is 9.86. The van der Waals surface area contributed by atoms with Gasteiger partial charge in [0.2, 0.25) is 5.43 Å². The zero-order valence-corrected chi connectivity index (χ0v) is 20.7. The van der Waals surface area contributed by atoms with Crippen LogP contribution in [0.4, 0.5) is 0 Å². The van der Waals surface area contributed by atoms with Crippen molar-refractivity contribution in [3.8, 4) is 5.75 Å². The van der Waals surface area contributed by atoms with E-state index < -0.39 is 11.2 Å². The molecule has 0 fully saturated rings. The van der Waals surface area contributed by atoms with E-state index in [4.69, 9.17) is 0 Å². The third kappa shape index (κ3) is 3.59. The van der Waals surface area contributed by atoms with Crippen LogP contribution < -0.4 is 10.4 Å². The van der Waals surface area contributed by atoms with Gasteiger partial charge in [-0.1, -0.05) is 63.2 Å². The SMILES string of the molecule is C[C@@H](N1CN(C2c3ccccc3CSc3ccccc32)n2ccc(=O)c(O)c2C1=O)C(C)(C)C. The number of aromatic nitrogens is 1. The van der Waals surface area contributed by atoms with Crippen molar-refractivity contribution in [2.75, 3.05) is 11.7 Å². The lowest BCUT2D eigenvalue weighted by molar-refractivity contribution is 0.0453. The van der Waals surface area contributed by atoms with Gasteiger partial charge in [-0.05, 0) is 35.1 Å². The highest BCUT2D eigenvalue weighted by Gasteiger charge is 2.42. The third-order valence-corrected chi connectivity index (χ3v) is 8.19. The quantitative estimate of drug-likeness (QED) is 0.580. The fourth-order valence-electron chi connectivity index (χ4n) is 4.74. The van der Waals surface area contributed by atoms with Crippen LogP contribution in [0, 0.1) is 5.41 Å². The van der Waals surface area contributed by atoms with Gasteiger partial charge in [-0.15, -0.1) is 11.8 Å². The molecule has 1 unspecified atom stereocenters. The molecular formula is C27H29N3O3S. The molecule has 34 heavy (non-hydrogen) atoms. The number of hydrogen-bond donors (Lipinski definition) is 1. The number of hydrogen-bond acceptors (Lipinski definition) is 5. The molecule has 0 aliphatic carbocycles. The number of pyridine rings is 1. The highest BCUT2D eigenvalue weighted by atomic mass is 32.2. The molecule has 2 aromatic carbocycles. The Bertz CT molecular complexity index is 1280. The predicted molar refractivity (Wildman–Crippen MR) is 135 cm³/mol. The molecule has 7 heteroatoms. The van der Waals surface area contributed by atoms with Crippen molar-refractivity contribution in [3.63, 3.8) is 0 Å². The van der Waals surface area contributed by atoms with Gasteiger partial charge in [0.1, 0.15) is 6.67 Å². The molecule has 5 rings (SSSR count). The van der Waals surface area contributed by atoms with Crippen LogP contribution in [0.1, 0.15) is 60.9 Å². The molecule has 2 aliphatic heterocycles. The second-order valence-corrected chi connectivity index (χ2v) is 11.1. The summed E-state index contributed by atoms with van der Waals surface area (Å²) in [7, 11) is 0. The third-order valence-electron chi connectivity index (χ3n) is 7.06. The molecule has 6 nitrogen and oxygen atoms in total. The molecule has 2 atom stereocenters. The molecule has 0 saturated carbocycles. The summed E-state index contributed by atoms with van der Waals surface area (Å²) < 4.78 is 1.68. The van der Waals surface area contributed by atoms with Crippen molar-refractivity contribution in [2.45, 2.75) is 50.4 Å². The Balaban J connectivity index is 1.77. The minimum absolute atomic E-state index is 0.0155. The number of aromatic hydroxyl groups is 1. The first kappa shape index (κ1) is 22.6. The van der Waals surface area contributed by atoms with E-state index >= 15 is 0 Å². The Morgan fingerprint density at radius 3 is 2.41 bits per heavy atom. The van der Waals surface area contributed by atoms with E-state index in [2.05, 4.69) is 56.1 Å². The molecule has 176 valence electrons. The van der Waals surface area contributed by atoms with Gasteiger partial charge in [-0.25, -0.2) is 0 Å². The smallest absolute Gasteiger partial charge is 0.278 e. The minimum atomic E-state index is -0.554. The Labute approximate surface area is 203 Å². The standard InChI is InChI=1S/C27H29N3O3S/c1-17(27(2,3)4)28-16-30(29-14-13-21(31)25(32)24(29)26(28)33)23-19-10-6-5-9-18(19)15-34-22-12-8-7-11-20(22)23/h5-14,17,23,32H,15-16H2,1-4H3/t17-,23?/m1/s1. The van der Waals surface area contributed by atoms with Crippen molar-refractivity contribution in [3.05, 3.63) is 93.4 Å². The fourth-order valence-corrected chi connectivity index (χ4v) is 5.84. The molecule has 1 amide bonds. The van der Waals surface area contributed by atoms with Crippen molar-refractivity contribution >= 4 is 17.7 Å². The summed E-state index contributed by atoms with van der Waals surface area (Å²) in [5, 5.41) is 12.9. The first-order valence-electron chi connectivity index (χ1n) is 11.5. The molecule has 2 aliphatic rings. The normalized spacial score (nSPS) is 18.6. The van der Waals surface area contributed by atoms with Crippen molar-refractivity contribution in [1.82, 2.24) is 9.58 Å². The van der Waals surface area contributed by atoms with Crippen LogP contribution in [0.5, 0.6) is 5.75 Å². The number of amides is 1. The largest absolute Gasteiger partial charge is 0.502 e. The van der Waals surface area contributed by atoms with Gasteiger partial charge in [-0.3, -0.25) is 19.3 Å². The average molecular weight is 476 g/mol. The number of carbonyl (C=O) groups is 1. The Morgan fingerprint density at radius 2 is 1.68 bits per heavy atom. The summed E-state index contributed by atoms with van der Waals surface area (Å²) in [6.07, 6.45) is 1.61. The van der Waals surface area contributed by atoms with E-state index in [0.29, 0.717) is 6.67 Å². The molecule has 3 heterocycles. The van der Waals surface area contributed by atoms with Crippen LogP contribution in [0.15, 0.2) is 70.5 Å². The molecule has 0 bridgehead atoms. The van der Waals surface area contributed by atoms with Crippen molar-refractivity contribution in [1.29, 1.82) is 0 Å². The van der Waals surface area contributed by atoms with Crippen LogP contribution >= 0.6 is 11.8 Å². The predicted octanol–water partition coefficient (Wildman–Crippen LogP) is 4.74. The Morgan fingerprint density at radius 1 is 1.00 bits per heavy atom. The Hall–Kier alpha value is -3.19. The van der Waals surface area contributed by atoms with Crippen LogP contribution in [0.2, 0.25) is 0 Å². The number of nitrogens with zero attached hydrogens (tertiary/aromatic N) is 3. The monoisotopic (exact) mass is 475 g/mol. The van der Waals surface area contributed by atoms with E-state index in [1.807, 2.05) is 25.1 Å². The highest BCUT2D eigenvalue weighted by molar-refractivity contribution is 7.98. The topological polar surface area (TPSA) is 65.8 Å². The van der Waals surface area contributed by atoms with Crippen molar-refractivity contribution < 1.29 is 9.90 Å². The summed E-state index contributed by atoms with van der Waals surface area (Å²) in [6, 6.07) is 17.7. The van der Waals surface area contributed by atoms with Crippen LogP contribution in [0.3, 0.4) is 0 Å². The van der Waals surface area contributed by atoms with E-state index in [-0.39, 0.29) is 29.1 Å². The molecule has 1 N–H and O–H groups in total. The molecular weight excluding hydrogens is 446 g/mol. The van der Waals surface area contributed by atoms with Gasteiger partial charge >= 0.3 is 0 Å². The fraction of sp³-hybridized carbons (Fsp3) is 0.333. The highest BCUT2D eigenvalue weighted by Crippen LogP contribution is 2.43. The molecule has 3 aromatic rings. The summed E-state index contributed by atoms with van der Waals surface area (Å²) in [6.45, 7) is 8.62. The van der Waals surface area contributed by atoms with Gasteiger partial charge in [0.25, 0.3) is 5.91 Å². The van der Waals surface area contributed by atoms with E-state index in [0.717, 1.165) is 16.9 Å². The first-order valence-corrected chi connectivity index (χ1v) is 12.5. The summed E-state index contributed by atoms with van der Waals surface area (Å²) in [5.74, 6) is 0.00668. The molecule has 0 saturated heterocycles. The zero-order valence-electron chi connectivity index (χ0n) is 19.9. The number of fused-ring (bicyclic) bond motifs is 3. The number of carbonyl (C=O) groups excluding carboxylic acids is 1. The summed E-state index contributed by atoms with van der Waals surface area (Å²) in [4.78, 5) is 29.0. The maximum atomic E-state index is 13.6. The van der Waals surface area contributed by atoms with Crippen LogP contribution in [-0.4, -0.2) is 33.3 Å². The van der Waals surface area contributed by atoms with Crippen molar-refractivity contribution in [2.24, 2.45) is 5.41 Å². The lowest BCUT2D eigenvalue weighted by Gasteiger charge is -2.48. The van der Waals surface area contributed by atoms with Crippen LogP contribution in [-0.2, 0) is 5.75 Å². The van der Waals surface area contributed by atoms with Crippen LogP contribution in [0.25, 0.3) is 0 Å². The molecule has 0 spiro atoms. The van der Waals surface area contributed by atoms with E-state index in [1.54, 1.807) is 27.5 Å². The van der Waals surface area contributed by atoms with Gasteiger partial charge in [-0.2, -0.15) is 0 Å². The zero-order chi connectivity index (χ0) is 24.2. The summed E-state index contributed by atoms with van der Waals surface area (Å²) >= 11 is 1.80.